The maximum Gasteiger partial charge on any atom is 0.220 e. The number of unbranched alkanes of at least 4 members (excludes halogenated alkanes) is 33. The minimum Gasteiger partial charge on any atom is -0.394 e. The highest BCUT2D eigenvalue weighted by atomic mass is 16.7. The number of aliphatic hydroxyl groups is 8. The molecule has 0 bridgehead atoms. The summed E-state index contributed by atoms with van der Waals surface area (Å²) >= 11 is 0. The lowest BCUT2D eigenvalue weighted by molar-refractivity contribution is -0.359. The Morgan fingerprint density at radius 1 is 0.394 bits per heavy atom. The largest absolute Gasteiger partial charge is 0.394 e. The van der Waals surface area contributed by atoms with Crippen molar-refractivity contribution in [2.24, 2.45) is 0 Å². The predicted octanol–water partition coefficient (Wildman–Crippen LogP) is 16.7. The van der Waals surface area contributed by atoms with Crippen LogP contribution >= 0.6 is 0 Å². The summed E-state index contributed by atoms with van der Waals surface area (Å²) in [6, 6.07) is -0.924. The molecule has 0 aromatic heterocycles. The zero-order chi connectivity index (χ0) is 68.0. The zero-order valence-electron chi connectivity index (χ0n) is 59.2. The first-order valence-electron chi connectivity index (χ1n) is 38.1. The van der Waals surface area contributed by atoms with Crippen LogP contribution in [0.3, 0.4) is 0 Å². The van der Waals surface area contributed by atoms with E-state index in [2.05, 4.69) is 116 Å². The molecular formula is C80H139NO13. The normalized spacial score (nSPS) is 23.1. The summed E-state index contributed by atoms with van der Waals surface area (Å²) in [5.74, 6) is -0.242. The van der Waals surface area contributed by atoms with E-state index in [9.17, 15) is 45.6 Å². The molecule has 542 valence electrons. The second-order valence-electron chi connectivity index (χ2n) is 26.4. The Bertz CT molecular complexity index is 2000. The topological polar surface area (TPSA) is 228 Å². The molecule has 2 heterocycles. The molecule has 0 aromatic rings. The third-order valence-electron chi connectivity index (χ3n) is 18.0. The Morgan fingerprint density at radius 2 is 0.734 bits per heavy atom. The van der Waals surface area contributed by atoms with Crippen molar-refractivity contribution in [3.63, 3.8) is 0 Å². The fraction of sp³-hybridized carbons (Fsp3) is 0.762. The van der Waals surface area contributed by atoms with Crippen LogP contribution in [-0.2, 0) is 23.7 Å². The molecule has 9 N–H and O–H groups in total. The molecule has 94 heavy (non-hydrogen) atoms. The van der Waals surface area contributed by atoms with Crippen molar-refractivity contribution >= 4 is 5.91 Å². The van der Waals surface area contributed by atoms with Gasteiger partial charge in [0.2, 0.25) is 5.91 Å². The van der Waals surface area contributed by atoms with Gasteiger partial charge in [0.1, 0.15) is 48.8 Å². The number of carbonyl (C=O) groups excluding carboxylic acids is 1. The van der Waals surface area contributed by atoms with Gasteiger partial charge in [-0.1, -0.05) is 316 Å². The molecule has 2 fully saturated rings. The van der Waals surface area contributed by atoms with Crippen LogP contribution in [0.4, 0.5) is 0 Å². The first kappa shape index (κ1) is 86.7. The fourth-order valence-corrected chi connectivity index (χ4v) is 12.0. The smallest absolute Gasteiger partial charge is 0.220 e. The van der Waals surface area contributed by atoms with Crippen molar-refractivity contribution in [2.45, 2.75) is 370 Å². The SMILES string of the molecule is CC/C=C\C/C=C\C/C=C\C/C=C\C/C=C\C/C=C\C/C=C\C/C=C\CCCCCCCCCCCCCCC(=O)NC(COC1OC(CO)C(OC2OC(CO)C(O)C(O)C2O)C(O)C1O)C(O)/C=C/CCCCCCCCCCCCCCCCCCCCCCC. The lowest BCUT2D eigenvalue weighted by Gasteiger charge is -2.46. The van der Waals surface area contributed by atoms with Crippen LogP contribution in [0.25, 0.3) is 0 Å². The Kier molecular flexibility index (Phi) is 58.2. The molecule has 0 aromatic carbocycles. The van der Waals surface area contributed by atoms with Gasteiger partial charge in [-0.2, -0.15) is 0 Å². The highest BCUT2D eigenvalue weighted by Gasteiger charge is 2.51. The van der Waals surface area contributed by atoms with Crippen molar-refractivity contribution in [2.75, 3.05) is 19.8 Å². The molecule has 2 saturated heterocycles. The van der Waals surface area contributed by atoms with Crippen LogP contribution in [0.15, 0.2) is 109 Å². The van der Waals surface area contributed by atoms with Crippen molar-refractivity contribution in [1.29, 1.82) is 0 Å². The van der Waals surface area contributed by atoms with E-state index in [0.717, 1.165) is 96.3 Å². The number of carbonyl (C=O) groups is 1. The number of hydrogen-bond donors (Lipinski definition) is 9. The van der Waals surface area contributed by atoms with E-state index in [1.165, 1.54) is 173 Å². The Balaban J connectivity index is 1.64. The molecule has 0 radical (unpaired) electrons. The summed E-state index contributed by atoms with van der Waals surface area (Å²) in [5, 5.41) is 87.6. The molecule has 2 aliphatic rings. The number of nitrogens with one attached hydrogen (secondary N) is 1. The van der Waals surface area contributed by atoms with Crippen LogP contribution in [0.2, 0.25) is 0 Å². The quantitative estimate of drug-likeness (QED) is 0.0204. The average molecular weight is 1320 g/mol. The number of aliphatic hydroxyl groups excluding tert-OH is 8. The minimum absolute atomic E-state index is 0.242. The van der Waals surface area contributed by atoms with E-state index in [0.29, 0.717) is 6.42 Å². The predicted molar refractivity (Wildman–Crippen MR) is 387 cm³/mol. The summed E-state index contributed by atoms with van der Waals surface area (Å²) in [7, 11) is 0. The van der Waals surface area contributed by atoms with Gasteiger partial charge >= 0.3 is 0 Å². The van der Waals surface area contributed by atoms with Crippen molar-refractivity contribution in [3.05, 3.63) is 109 Å². The van der Waals surface area contributed by atoms with E-state index >= 15 is 0 Å². The molecule has 0 saturated carbocycles. The Hall–Kier alpha value is -3.35. The van der Waals surface area contributed by atoms with E-state index in [-0.39, 0.29) is 18.9 Å². The second-order valence-corrected chi connectivity index (χ2v) is 26.4. The van der Waals surface area contributed by atoms with Crippen LogP contribution in [-0.4, -0.2) is 140 Å². The average Bonchev–Trinajstić information content (AvgIpc) is 0.794. The standard InChI is InChI=1S/C80H139NO13/c1-3-5-7-9-11-13-15-17-19-21-23-25-27-28-29-30-31-32-33-34-35-36-37-38-39-40-42-44-46-48-50-52-54-56-58-60-62-64-72(85)81-68(67-91-79-77(90)75(88)78(71(66-83)93-79)94-80-76(89)74(87)73(86)70(65-82)92-80)69(84)63-61-59-57-55-53-51-49-47-45-43-41-26-24-22-20-18-16-14-12-10-8-6-4-2/h5,7,11,13,17,19,23,25,28-29,31-32,34-35,37-38,61,63,68-71,73-80,82-84,86-90H,3-4,6,8-10,12,14-16,18,20-22,24,26-27,30,33,36,39-60,62,64-67H2,1-2H3,(H,81,85)/b7-5-,13-11-,19-17-,25-23-,29-28-,32-31-,35-34-,38-37-,63-61+. The first-order valence-corrected chi connectivity index (χ1v) is 38.1. The Labute approximate surface area is 572 Å². The van der Waals surface area contributed by atoms with Crippen LogP contribution in [0, 0.1) is 0 Å². The third-order valence-corrected chi connectivity index (χ3v) is 18.0. The van der Waals surface area contributed by atoms with Gasteiger partial charge in [-0.05, 0) is 83.5 Å². The summed E-state index contributed by atoms with van der Waals surface area (Å²) in [6.07, 6.45) is 74.3. The molecule has 14 nitrogen and oxygen atoms in total. The Morgan fingerprint density at radius 3 is 1.13 bits per heavy atom. The highest BCUT2D eigenvalue weighted by molar-refractivity contribution is 5.76. The molecule has 12 unspecified atom stereocenters. The van der Waals surface area contributed by atoms with E-state index in [1.807, 2.05) is 6.08 Å². The first-order chi connectivity index (χ1) is 46.1. The molecule has 1 amide bonds. The number of rotatable bonds is 62. The van der Waals surface area contributed by atoms with Gasteiger partial charge in [0.15, 0.2) is 12.6 Å². The van der Waals surface area contributed by atoms with Gasteiger partial charge in [-0.3, -0.25) is 4.79 Å². The molecule has 14 heteroatoms. The van der Waals surface area contributed by atoms with E-state index in [4.69, 9.17) is 18.9 Å². The van der Waals surface area contributed by atoms with Gasteiger partial charge in [-0.25, -0.2) is 0 Å². The molecule has 2 aliphatic heterocycles. The van der Waals surface area contributed by atoms with Crippen LogP contribution in [0.5, 0.6) is 0 Å². The van der Waals surface area contributed by atoms with Gasteiger partial charge in [0.25, 0.3) is 0 Å². The lowest BCUT2D eigenvalue weighted by Crippen LogP contribution is -2.65. The highest BCUT2D eigenvalue weighted by Crippen LogP contribution is 2.30. The van der Waals surface area contributed by atoms with Crippen LogP contribution < -0.4 is 5.32 Å². The van der Waals surface area contributed by atoms with Gasteiger partial charge in [-0.15, -0.1) is 0 Å². The van der Waals surface area contributed by atoms with E-state index < -0.39 is 86.8 Å². The molecular weight excluding hydrogens is 1180 g/mol. The molecule has 12 atom stereocenters. The monoisotopic (exact) mass is 1320 g/mol. The number of amides is 1. The lowest BCUT2D eigenvalue weighted by atomic mass is 9.97. The number of allylic oxidation sites excluding steroid dienone is 17. The number of ether oxygens (including phenoxy) is 4. The minimum atomic E-state index is -1.79. The van der Waals surface area contributed by atoms with Gasteiger partial charge in [0.05, 0.1) is 32.0 Å². The third kappa shape index (κ3) is 46.0. The van der Waals surface area contributed by atoms with Gasteiger partial charge < -0.3 is 65.1 Å². The van der Waals surface area contributed by atoms with Crippen molar-refractivity contribution in [3.8, 4) is 0 Å². The van der Waals surface area contributed by atoms with E-state index in [1.54, 1.807) is 6.08 Å². The van der Waals surface area contributed by atoms with Crippen molar-refractivity contribution < 1.29 is 64.6 Å². The van der Waals surface area contributed by atoms with Crippen LogP contribution in [0.1, 0.15) is 296 Å². The van der Waals surface area contributed by atoms with Crippen molar-refractivity contribution in [1.82, 2.24) is 5.32 Å². The maximum absolute atomic E-state index is 13.4. The molecule has 2 rings (SSSR count). The second kappa shape index (κ2) is 63.1. The van der Waals surface area contributed by atoms with Gasteiger partial charge in [0, 0.05) is 6.42 Å². The summed E-state index contributed by atoms with van der Waals surface area (Å²) < 4.78 is 22.9. The number of hydrogen-bond acceptors (Lipinski definition) is 13. The maximum atomic E-state index is 13.4. The summed E-state index contributed by atoms with van der Waals surface area (Å²) in [5.41, 5.74) is 0. The summed E-state index contributed by atoms with van der Waals surface area (Å²) in [6.45, 7) is 2.71. The molecule has 0 aliphatic carbocycles. The zero-order valence-corrected chi connectivity index (χ0v) is 59.2. The molecule has 0 spiro atoms. The fourth-order valence-electron chi connectivity index (χ4n) is 12.0. The summed E-state index contributed by atoms with van der Waals surface area (Å²) in [4.78, 5) is 13.4.